The van der Waals surface area contributed by atoms with Crippen molar-refractivity contribution in [3.05, 3.63) is 75.2 Å². The van der Waals surface area contributed by atoms with Gasteiger partial charge >= 0.3 is 0 Å². The zero-order chi connectivity index (χ0) is 18.7. The number of aryl methyl sites for hydroxylation is 1. The number of hydrogen-bond acceptors (Lipinski definition) is 5. The number of aromatic nitrogens is 2. The van der Waals surface area contributed by atoms with Crippen LogP contribution in [0.2, 0.25) is 5.02 Å². The van der Waals surface area contributed by atoms with Crippen LogP contribution in [0.4, 0.5) is 0 Å². The van der Waals surface area contributed by atoms with Gasteiger partial charge in [-0.1, -0.05) is 23.4 Å². The summed E-state index contributed by atoms with van der Waals surface area (Å²) in [7, 11) is 1.58. The molecule has 2 aromatic carbocycles. The zero-order valence-corrected chi connectivity index (χ0v) is 15.6. The SMILES string of the molecule is COc1ccc(-n2ncc(C)c(C#N)c2=O)c(Sc2ccc(Cl)cc2)c1. The Morgan fingerprint density at radius 1 is 1.23 bits per heavy atom. The van der Waals surface area contributed by atoms with Gasteiger partial charge in [0.15, 0.2) is 0 Å². The monoisotopic (exact) mass is 383 g/mol. The van der Waals surface area contributed by atoms with E-state index in [9.17, 15) is 10.1 Å². The summed E-state index contributed by atoms with van der Waals surface area (Å²) in [6.45, 7) is 1.69. The third-order valence-corrected chi connectivity index (χ3v) is 5.02. The molecule has 3 rings (SSSR count). The lowest BCUT2D eigenvalue weighted by Crippen LogP contribution is -2.24. The van der Waals surface area contributed by atoms with Crippen molar-refractivity contribution in [1.82, 2.24) is 9.78 Å². The molecule has 26 heavy (non-hydrogen) atoms. The summed E-state index contributed by atoms with van der Waals surface area (Å²) < 4.78 is 6.54. The molecule has 0 bridgehead atoms. The number of benzene rings is 2. The Kier molecular flexibility index (Phi) is 5.31. The molecule has 1 aromatic heterocycles. The number of hydrogen-bond donors (Lipinski definition) is 0. The Labute approximate surface area is 159 Å². The fraction of sp³-hybridized carbons (Fsp3) is 0.105. The van der Waals surface area contributed by atoms with Gasteiger partial charge in [0.2, 0.25) is 0 Å². The molecule has 0 aliphatic rings. The fourth-order valence-electron chi connectivity index (χ4n) is 2.35. The maximum absolute atomic E-state index is 12.6. The number of methoxy groups -OCH3 is 1. The second-order valence-corrected chi connectivity index (χ2v) is 6.97. The van der Waals surface area contributed by atoms with Gasteiger partial charge in [-0.15, -0.1) is 0 Å². The number of nitrogens with zero attached hydrogens (tertiary/aromatic N) is 3. The van der Waals surface area contributed by atoms with Crippen molar-refractivity contribution in [2.45, 2.75) is 16.7 Å². The molecule has 7 heteroatoms. The van der Waals surface area contributed by atoms with E-state index in [1.165, 1.54) is 22.6 Å². The highest BCUT2D eigenvalue weighted by atomic mass is 35.5. The number of nitriles is 1. The van der Waals surface area contributed by atoms with Gasteiger partial charge in [0.05, 0.1) is 19.0 Å². The Bertz CT molecular complexity index is 1060. The fourth-order valence-corrected chi connectivity index (χ4v) is 3.44. The molecular weight excluding hydrogens is 370 g/mol. The van der Waals surface area contributed by atoms with Gasteiger partial charge in [-0.3, -0.25) is 4.79 Å². The molecule has 0 aliphatic heterocycles. The zero-order valence-electron chi connectivity index (χ0n) is 14.1. The normalized spacial score (nSPS) is 10.4. The van der Waals surface area contributed by atoms with Gasteiger partial charge in [0.25, 0.3) is 5.56 Å². The van der Waals surface area contributed by atoms with Crippen molar-refractivity contribution in [2.24, 2.45) is 0 Å². The summed E-state index contributed by atoms with van der Waals surface area (Å²) >= 11 is 7.40. The summed E-state index contributed by atoms with van der Waals surface area (Å²) in [5.41, 5.74) is 0.760. The van der Waals surface area contributed by atoms with E-state index in [2.05, 4.69) is 5.10 Å². The molecular formula is C19H14ClN3O2S. The number of rotatable bonds is 4. The first-order valence-corrected chi connectivity index (χ1v) is 8.84. The maximum atomic E-state index is 12.6. The third kappa shape index (κ3) is 3.59. The van der Waals surface area contributed by atoms with Gasteiger partial charge in [0, 0.05) is 14.8 Å². The molecule has 3 aromatic rings. The second kappa shape index (κ2) is 7.65. The van der Waals surface area contributed by atoms with Gasteiger partial charge < -0.3 is 4.74 Å². The van der Waals surface area contributed by atoms with Crippen LogP contribution >= 0.6 is 23.4 Å². The summed E-state index contributed by atoms with van der Waals surface area (Å²) in [4.78, 5) is 14.4. The highest BCUT2D eigenvalue weighted by Gasteiger charge is 2.14. The number of halogens is 1. The van der Waals surface area contributed by atoms with Crippen LogP contribution in [-0.2, 0) is 0 Å². The summed E-state index contributed by atoms with van der Waals surface area (Å²) in [5, 5.41) is 14.1. The van der Waals surface area contributed by atoms with Crippen LogP contribution < -0.4 is 10.3 Å². The van der Waals surface area contributed by atoms with E-state index >= 15 is 0 Å². The van der Waals surface area contributed by atoms with Crippen LogP contribution in [0.1, 0.15) is 11.1 Å². The lowest BCUT2D eigenvalue weighted by molar-refractivity contribution is 0.413. The minimum absolute atomic E-state index is 0.0817. The molecule has 0 amide bonds. The molecule has 0 spiro atoms. The predicted molar refractivity (Wildman–Crippen MR) is 101 cm³/mol. The van der Waals surface area contributed by atoms with E-state index in [0.717, 1.165) is 9.79 Å². The van der Waals surface area contributed by atoms with Crippen LogP contribution in [0.5, 0.6) is 5.75 Å². The lowest BCUT2D eigenvalue weighted by Gasteiger charge is -2.13. The van der Waals surface area contributed by atoms with Crippen molar-refractivity contribution < 1.29 is 4.74 Å². The average molecular weight is 384 g/mol. The van der Waals surface area contributed by atoms with E-state index in [4.69, 9.17) is 16.3 Å². The standard InChI is InChI=1S/C19H14ClN3O2S/c1-12-11-22-23(19(24)16(12)10-21)17-8-5-14(25-2)9-18(17)26-15-6-3-13(20)4-7-15/h3-9,11H,1-2H3. The average Bonchev–Trinajstić information content (AvgIpc) is 2.64. The molecule has 5 nitrogen and oxygen atoms in total. The largest absolute Gasteiger partial charge is 0.497 e. The van der Waals surface area contributed by atoms with E-state index in [0.29, 0.717) is 22.0 Å². The van der Waals surface area contributed by atoms with Gasteiger partial charge in [-0.2, -0.15) is 15.0 Å². The van der Waals surface area contributed by atoms with Crippen molar-refractivity contribution >= 4 is 23.4 Å². The van der Waals surface area contributed by atoms with Gasteiger partial charge in [-0.25, -0.2) is 0 Å². The second-order valence-electron chi connectivity index (χ2n) is 5.42. The molecule has 0 saturated carbocycles. The topological polar surface area (TPSA) is 67.9 Å². The first-order chi connectivity index (χ1) is 12.5. The van der Waals surface area contributed by atoms with E-state index in [1.54, 1.807) is 38.3 Å². The predicted octanol–water partition coefficient (Wildman–Crippen LogP) is 4.23. The Balaban J connectivity index is 2.15. The van der Waals surface area contributed by atoms with Crippen molar-refractivity contribution in [2.75, 3.05) is 7.11 Å². The molecule has 0 aliphatic carbocycles. The highest BCUT2D eigenvalue weighted by molar-refractivity contribution is 7.99. The molecule has 1 heterocycles. The van der Waals surface area contributed by atoms with Crippen LogP contribution in [-0.4, -0.2) is 16.9 Å². The molecule has 130 valence electrons. The smallest absolute Gasteiger partial charge is 0.289 e. The quantitative estimate of drug-likeness (QED) is 0.674. The minimum atomic E-state index is -0.448. The van der Waals surface area contributed by atoms with Crippen molar-refractivity contribution in [1.29, 1.82) is 5.26 Å². The minimum Gasteiger partial charge on any atom is -0.497 e. The Hall–Kier alpha value is -2.75. The molecule has 0 atom stereocenters. The molecule has 0 unspecified atom stereocenters. The first kappa shape index (κ1) is 18.1. The number of ether oxygens (including phenoxy) is 1. The van der Waals surface area contributed by atoms with Crippen molar-refractivity contribution in [3.8, 4) is 17.5 Å². The Morgan fingerprint density at radius 2 is 1.96 bits per heavy atom. The lowest BCUT2D eigenvalue weighted by atomic mass is 10.2. The first-order valence-electron chi connectivity index (χ1n) is 7.64. The van der Waals surface area contributed by atoms with E-state index in [-0.39, 0.29) is 5.56 Å². The van der Waals surface area contributed by atoms with Crippen LogP contribution in [0.3, 0.4) is 0 Å². The molecule has 0 saturated heterocycles. The third-order valence-electron chi connectivity index (χ3n) is 3.72. The summed E-state index contributed by atoms with van der Waals surface area (Å²) in [6.07, 6.45) is 1.51. The summed E-state index contributed by atoms with van der Waals surface area (Å²) in [5.74, 6) is 0.658. The van der Waals surface area contributed by atoms with Gasteiger partial charge in [0.1, 0.15) is 17.4 Å². The van der Waals surface area contributed by atoms with Crippen LogP contribution in [0.15, 0.2) is 63.2 Å². The molecule has 0 radical (unpaired) electrons. The highest BCUT2D eigenvalue weighted by Crippen LogP contribution is 2.35. The summed E-state index contributed by atoms with van der Waals surface area (Å²) in [6, 6.07) is 14.7. The van der Waals surface area contributed by atoms with Crippen LogP contribution in [0.25, 0.3) is 5.69 Å². The van der Waals surface area contributed by atoms with E-state index < -0.39 is 5.56 Å². The van der Waals surface area contributed by atoms with Gasteiger partial charge in [-0.05, 0) is 55.0 Å². The molecule has 0 N–H and O–H groups in total. The van der Waals surface area contributed by atoms with E-state index in [1.807, 2.05) is 24.3 Å². The Morgan fingerprint density at radius 3 is 2.62 bits per heavy atom. The van der Waals surface area contributed by atoms with Crippen LogP contribution in [0, 0.1) is 18.3 Å². The maximum Gasteiger partial charge on any atom is 0.289 e. The molecule has 0 fully saturated rings. The van der Waals surface area contributed by atoms with Crippen molar-refractivity contribution in [3.63, 3.8) is 0 Å².